The number of H-pyrrole nitrogens is 1. The molecule has 0 radical (unpaired) electrons. The number of nitrogens with two attached hydrogens (primary N) is 1. The number of hydrogen-bond acceptors (Lipinski definition) is 7. The first-order valence-electron chi connectivity index (χ1n) is 11.3. The van der Waals surface area contributed by atoms with Crippen molar-refractivity contribution in [3.63, 3.8) is 0 Å². The van der Waals surface area contributed by atoms with Gasteiger partial charge < -0.3 is 15.8 Å². The lowest BCUT2D eigenvalue weighted by atomic mass is 9.80. The Kier molecular flexibility index (Phi) is 5.86. The maximum absolute atomic E-state index is 13.0. The van der Waals surface area contributed by atoms with Gasteiger partial charge in [-0.3, -0.25) is 4.79 Å². The van der Waals surface area contributed by atoms with E-state index in [1.165, 1.54) is 44.0 Å². The fourth-order valence-corrected chi connectivity index (χ4v) is 4.33. The molecule has 4 N–H and O–H groups in total. The lowest BCUT2D eigenvalue weighted by Crippen LogP contribution is -2.23. The zero-order valence-corrected chi connectivity index (χ0v) is 19.0. The van der Waals surface area contributed by atoms with Crippen molar-refractivity contribution >= 4 is 27.8 Å². The molecule has 178 valence electrons. The number of fused-ring (bicyclic) bond motifs is 2. The van der Waals surface area contributed by atoms with Gasteiger partial charge in [-0.15, -0.1) is 0 Å². The van der Waals surface area contributed by atoms with Gasteiger partial charge in [0.05, 0.1) is 23.3 Å². The molecule has 6 rings (SSSR count). The summed E-state index contributed by atoms with van der Waals surface area (Å²) >= 11 is 0. The molecule has 1 aliphatic carbocycles. The third kappa shape index (κ3) is 4.18. The summed E-state index contributed by atoms with van der Waals surface area (Å²) in [6, 6.07) is 11.6. The van der Waals surface area contributed by atoms with E-state index in [-0.39, 0.29) is 17.2 Å². The van der Waals surface area contributed by atoms with Gasteiger partial charge in [0.15, 0.2) is 5.65 Å². The van der Waals surface area contributed by atoms with Crippen LogP contribution in [0.2, 0.25) is 0 Å². The molecule has 3 aromatic heterocycles. The van der Waals surface area contributed by atoms with Gasteiger partial charge in [0.1, 0.15) is 34.8 Å². The van der Waals surface area contributed by atoms with Crippen molar-refractivity contribution in [2.45, 2.75) is 32.2 Å². The molecule has 1 atom stereocenters. The van der Waals surface area contributed by atoms with Gasteiger partial charge in [0, 0.05) is 5.56 Å². The van der Waals surface area contributed by atoms with Crippen LogP contribution < -0.4 is 11.3 Å². The van der Waals surface area contributed by atoms with Gasteiger partial charge in [0.2, 0.25) is 0 Å². The molecule has 1 fully saturated rings. The summed E-state index contributed by atoms with van der Waals surface area (Å²) < 4.78 is 15.0. The minimum atomic E-state index is -0.540. The van der Waals surface area contributed by atoms with Crippen LogP contribution in [0.15, 0.2) is 59.9 Å². The van der Waals surface area contributed by atoms with Gasteiger partial charge in [0.25, 0.3) is 5.56 Å². The number of aromatic amines is 1. The predicted octanol–water partition coefficient (Wildman–Crippen LogP) is 4.20. The molecule has 10 heteroatoms. The molecule has 0 spiro atoms. The zero-order valence-electron chi connectivity index (χ0n) is 19.0. The summed E-state index contributed by atoms with van der Waals surface area (Å²) in [4.78, 5) is 25.7. The Bertz CT molecular complexity index is 1570. The molecule has 2 aromatic carbocycles. The van der Waals surface area contributed by atoms with E-state index in [1.807, 2.05) is 10.7 Å². The first kappa shape index (κ1) is 22.5. The van der Waals surface area contributed by atoms with Gasteiger partial charge in [-0.1, -0.05) is 24.6 Å². The van der Waals surface area contributed by atoms with E-state index in [0.717, 1.165) is 22.3 Å². The highest BCUT2D eigenvalue weighted by molar-refractivity contribution is 5.98. The molecule has 0 amide bonds. The maximum atomic E-state index is 13.0. The number of anilines is 1. The Labute approximate surface area is 199 Å². The molecule has 35 heavy (non-hydrogen) atoms. The number of phenols is 1. The summed E-state index contributed by atoms with van der Waals surface area (Å²) in [5.41, 5.74) is 8.33. The van der Waals surface area contributed by atoms with Crippen molar-refractivity contribution in [2.24, 2.45) is 5.92 Å². The van der Waals surface area contributed by atoms with Crippen LogP contribution in [0, 0.1) is 11.7 Å². The Morgan fingerprint density at radius 1 is 1.14 bits per heavy atom. The number of benzene rings is 2. The van der Waals surface area contributed by atoms with Gasteiger partial charge in [-0.25, -0.2) is 24.0 Å². The van der Waals surface area contributed by atoms with Crippen LogP contribution in [0.25, 0.3) is 33.2 Å². The van der Waals surface area contributed by atoms with Gasteiger partial charge in [-0.05, 0) is 49.9 Å². The van der Waals surface area contributed by atoms with E-state index in [0.29, 0.717) is 17.3 Å². The number of aromatic hydroxyl groups is 1. The number of nitrogens with one attached hydrogen (secondary N) is 1. The summed E-state index contributed by atoms with van der Waals surface area (Å²) in [5, 5.41) is 15.3. The van der Waals surface area contributed by atoms with Crippen molar-refractivity contribution in [2.75, 3.05) is 5.73 Å². The molecular weight excluding hydrogens is 449 g/mol. The van der Waals surface area contributed by atoms with Crippen molar-refractivity contribution in [1.29, 1.82) is 0 Å². The normalized spacial score (nSPS) is 14.3. The quantitative estimate of drug-likeness (QED) is 0.357. The van der Waals surface area contributed by atoms with Crippen LogP contribution in [0.4, 0.5) is 10.2 Å². The minimum absolute atomic E-state index is 0.0139. The van der Waals surface area contributed by atoms with Crippen LogP contribution in [0.5, 0.6) is 5.75 Å². The predicted molar refractivity (Wildman–Crippen MR) is 131 cm³/mol. The summed E-state index contributed by atoms with van der Waals surface area (Å²) in [5.74, 6) is 0.709. The Balaban J connectivity index is 0.000000178. The van der Waals surface area contributed by atoms with Gasteiger partial charge in [-0.2, -0.15) is 5.10 Å². The number of rotatable bonds is 3. The van der Waals surface area contributed by atoms with E-state index in [2.05, 4.69) is 26.9 Å². The van der Waals surface area contributed by atoms with Crippen molar-refractivity contribution in [3.05, 3.63) is 71.3 Å². The molecule has 1 aliphatic rings. The number of nitrogens with zero attached hydrogens (tertiary/aromatic N) is 5. The summed E-state index contributed by atoms with van der Waals surface area (Å²) in [6.45, 7) is 2.18. The van der Waals surface area contributed by atoms with Crippen LogP contribution >= 0.6 is 0 Å². The average Bonchev–Trinajstić information content (AvgIpc) is 3.20. The number of halogens is 1. The second kappa shape index (κ2) is 9.13. The lowest BCUT2D eigenvalue weighted by molar-refractivity contribution is 0.214. The van der Waals surface area contributed by atoms with Crippen molar-refractivity contribution < 1.29 is 9.50 Å². The fraction of sp³-hybridized carbons (Fsp3) is 0.240. The van der Waals surface area contributed by atoms with Crippen LogP contribution in [0.3, 0.4) is 0 Å². The average molecular weight is 474 g/mol. The van der Waals surface area contributed by atoms with E-state index in [9.17, 15) is 14.3 Å². The number of phenolic OH excluding ortho intramolecular Hbond substituents is 1. The smallest absolute Gasteiger partial charge is 0.261 e. The second-order valence-corrected chi connectivity index (χ2v) is 8.60. The molecule has 5 aromatic rings. The molecule has 3 heterocycles. The topological polar surface area (TPSA) is 136 Å². The van der Waals surface area contributed by atoms with Gasteiger partial charge >= 0.3 is 0 Å². The fourth-order valence-electron chi connectivity index (χ4n) is 4.33. The molecule has 0 saturated heterocycles. The zero-order chi connectivity index (χ0) is 24.5. The Morgan fingerprint density at radius 3 is 2.66 bits per heavy atom. The molecule has 1 saturated carbocycles. The largest absolute Gasteiger partial charge is 0.508 e. The highest BCUT2D eigenvalue weighted by Crippen LogP contribution is 2.39. The molecule has 0 aliphatic heterocycles. The van der Waals surface area contributed by atoms with E-state index in [4.69, 9.17) is 10.8 Å². The first-order chi connectivity index (χ1) is 16.9. The van der Waals surface area contributed by atoms with E-state index >= 15 is 0 Å². The van der Waals surface area contributed by atoms with E-state index < -0.39 is 11.4 Å². The first-order valence-corrected chi connectivity index (χ1v) is 11.3. The third-order valence-electron chi connectivity index (χ3n) is 6.47. The monoisotopic (exact) mass is 473 g/mol. The highest BCUT2D eigenvalue weighted by atomic mass is 19.1. The van der Waals surface area contributed by atoms with Crippen molar-refractivity contribution in [3.8, 4) is 17.0 Å². The van der Waals surface area contributed by atoms with Crippen LogP contribution in [-0.2, 0) is 0 Å². The molecule has 9 nitrogen and oxygen atoms in total. The Morgan fingerprint density at radius 2 is 1.94 bits per heavy atom. The third-order valence-corrected chi connectivity index (χ3v) is 6.47. The number of hydrogen-bond donors (Lipinski definition) is 3. The SMILES string of the molecule is CC(C1CCC1)n1nc(-c2cccc(O)c2)c2c(N)ncnc21.O=c1[nH]cnc2cccc(F)c12. The second-order valence-electron chi connectivity index (χ2n) is 8.60. The number of nitrogen functional groups attached to an aromatic ring is 1. The summed E-state index contributed by atoms with van der Waals surface area (Å²) in [7, 11) is 0. The van der Waals surface area contributed by atoms with E-state index in [1.54, 1.807) is 24.3 Å². The molecule has 0 bridgehead atoms. The maximum Gasteiger partial charge on any atom is 0.261 e. The van der Waals surface area contributed by atoms with Crippen LogP contribution in [-0.4, -0.2) is 34.8 Å². The standard InChI is InChI=1S/C17H19N5O.C8H5FN2O/c1-10(11-4-2-5-11)22-17-14(16(18)19-9-20-17)15(21-22)12-6-3-7-13(23)8-12;9-5-2-1-3-6-7(5)8(12)11-4-10-6/h3,6-11,23H,2,4-5H2,1H3,(H2,18,19,20);1-4H,(H,10,11,12). The molecule has 1 unspecified atom stereocenters. The van der Waals surface area contributed by atoms with Crippen LogP contribution in [0.1, 0.15) is 32.2 Å². The minimum Gasteiger partial charge on any atom is -0.508 e. The lowest BCUT2D eigenvalue weighted by Gasteiger charge is -2.31. The molecular formula is C25H24FN7O2. The highest BCUT2D eigenvalue weighted by Gasteiger charge is 2.29. The Hall–Kier alpha value is -4.34. The van der Waals surface area contributed by atoms with Crippen molar-refractivity contribution in [1.82, 2.24) is 29.7 Å². The number of aromatic nitrogens is 6. The summed E-state index contributed by atoms with van der Waals surface area (Å²) in [6.07, 6.45) is 6.47.